The molecule has 5 rings (SSSR count). The first-order valence-corrected chi connectivity index (χ1v) is 12.0. The number of halogens is 3. The standard InChI is InChI=1S/C22H19Cl2FN2O2S/c23-15-3-5-20(24)22(11-15)30(28,29)27-13-19(18-12-16(25)4-6-21(18)27)14-7-9-26-8-1-2-17(26)10-14/h3-7,11-13,17H,1-2,8-10H2. The van der Waals surface area contributed by atoms with Crippen LogP contribution in [0.15, 0.2) is 53.6 Å². The lowest BCUT2D eigenvalue weighted by Gasteiger charge is -2.29. The smallest absolute Gasteiger partial charge is 0.269 e. The fourth-order valence-corrected chi connectivity index (χ4v) is 6.67. The summed E-state index contributed by atoms with van der Waals surface area (Å²) in [5.74, 6) is -0.404. The third kappa shape index (κ3) is 3.26. The van der Waals surface area contributed by atoms with Crippen LogP contribution in [0.4, 0.5) is 4.39 Å². The van der Waals surface area contributed by atoms with Gasteiger partial charge in [-0.2, -0.15) is 0 Å². The van der Waals surface area contributed by atoms with E-state index < -0.39 is 15.8 Å². The van der Waals surface area contributed by atoms with Gasteiger partial charge in [0.25, 0.3) is 10.0 Å². The van der Waals surface area contributed by atoms with Gasteiger partial charge in [0.05, 0.1) is 10.5 Å². The van der Waals surface area contributed by atoms with Gasteiger partial charge >= 0.3 is 0 Å². The minimum atomic E-state index is -4.03. The molecule has 0 saturated carbocycles. The Labute approximate surface area is 184 Å². The second-order valence-electron chi connectivity index (χ2n) is 7.80. The van der Waals surface area contributed by atoms with Crippen LogP contribution < -0.4 is 0 Å². The lowest BCUT2D eigenvalue weighted by Crippen LogP contribution is -2.32. The Morgan fingerprint density at radius 3 is 2.77 bits per heavy atom. The highest BCUT2D eigenvalue weighted by molar-refractivity contribution is 7.90. The molecule has 1 fully saturated rings. The zero-order valence-electron chi connectivity index (χ0n) is 16.0. The monoisotopic (exact) mass is 464 g/mol. The highest BCUT2D eigenvalue weighted by Crippen LogP contribution is 2.38. The van der Waals surface area contributed by atoms with Crippen LogP contribution in [-0.2, 0) is 10.0 Å². The van der Waals surface area contributed by atoms with Gasteiger partial charge in [-0.15, -0.1) is 0 Å². The topological polar surface area (TPSA) is 42.3 Å². The average Bonchev–Trinajstić information content (AvgIpc) is 3.33. The second kappa shape index (κ2) is 7.38. The Hall–Kier alpha value is -1.86. The summed E-state index contributed by atoms with van der Waals surface area (Å²) in [5.41, 5.74) is 2.22. The molecule has 1 atom stereocenters. The van der Waals surface area contributed by atoms with E-state index in [2.05, 4.69) is 11.0 Å². The Morgan fingerprint density at radius 2 is 1.93 bits per heavy atom. The maximum absolute atomic E-state index is 14.1. The van der Waals surface area contributed by atoms with Gasteiger partial charge in [-0.25, -0.2) is 16.8 Å². The minimum absolute atomic E-state index is 0.0796. The van der Waals surface area contributed by atoms with Crippen molar-refractivity contribution < 1.29 is 12.8 Å². The molecule has 0 bridgehead atoms. The first-order chi connectivity index (χ1) is 14.3. The molecule has 0 radical (unpaired) electrons. The van der Waals surface area contributed by atoms with Crippen LogP contribution in [-0.4, -0.2) is 36.4 Å². The molecule has 1 aromatic heterocycles. The van der Waals surface area contributed by atoms with E-state index in [1.54, 1.807) is 6.20 Å². The molecule has 1 saturated heterocycles. The fourth-order valence-electron chi connectivity index (χ4n) is 4.56. The third-order valence-electron chi connectivity index (χ3n) is 6.04. The normalized spacial score (nSPS) is 19.8. The van der Waals surface area contributed by atoms with Crippen molar-refractivity contribution in [1.82, 2.24) is 8.87 Å². The van der Waals surface area contributed by atoms with Crippen LogP contribution in [0.25, 0.3) is 16.5 Å². The highest BCUT2D eigenvalue weighted by atomic mass is 35.5. The molecule has 0 aliphatic carbocycles. The van der Waals surface area contributed by atoms with Crippen LogP contribution in [0.3, 0.4) is 0 Å². The second-order valence-corrected chi connectivity index (χ2v) is 10.4. The number of nitrogens with zero attached hydrogens (tertiary/aromatic N) is 2. The lowest BCUT2D eigenvalue weighted by atomic mass is 9.94. The van der Waals surface area contributed by atoms with Gasteiger partial charge in [0, 0.05) is 34.8 Å². The molecule has 1 unspecified atom stereocenters. The van der Waals surface area contributed by atoms with Crippen molar-refractivity contribution in [3.63, 3.8) is 0 Å². The molecule has 0 spiro atoms. The van der Waals surface area contributed by atoms with Gasteiger partial charge in [-0.05, 0) is 67.8 Å². The molecular formula is C22H19Cl2FN2O2S. The van der Waals surface area contributed by atoms with E-state index in [0.717, 1.165) is 37.1 Å². The number of rotatable bonds is 3. The zero-order valence-corrected chi connectivity index (χ0v) is 18.3. The molecule has 30 heavy (non-hydrogen) atoms. The van der Waals surface area contributed by atoms with Crippen LogP contribution in [0, 0.1) is 5.82 Å². The van der Waals surface area contributed by atoms with Crippen molar-refractivity contribution in [3.8, 4) is 0 Å². The van der Waals surface area contributed by atoms with Crippen molar-refractivity contribution in [2.24, 2.45) is 0 Å². The molecular weight excluding hydrogens is 446 g/mol. The van der Waals surface area contributed by atoms with Gasteiger partial charge in [-0.3, -0.25) is 4.90 Å². The average molecular weight is 465 g/mol. The van der Waals surface area contributed by atoms with Gasteiger partial charge in [-0.1, -0.05) is 29.3 Å². The lowest BCUT2D eigenvalue weighted by molar-refractivity contribution is 0.275. The van der Waals surface area contributed by atoms with Crippen LogP contribution in [0.2, 0.25) is 10.0 Å². The maximum atomic E-state index is 14.1. The molecule has 2 aliphatic heterocycles. The van der Waals surface area contributed by atoms with Crippen molar-refractivity contribution >= 4 is 49.7 Å². The number of fused-ring (bicyclic) bond motifs is 2. The van der Waals surface area contributed by atoms with Gasteiger partial charge in [0.15, 0.2) is 0 Å². The van der Waals surface area contributed by atoms with Crippen LogP contribution in [0.5, 0.6) is 0 Å². The Kier molecular flexibility index (Phi) is 4.93. The van der Waals surface area contributed by atoms with E-state index in [4.69, 9.17) is 23.2 Å². The van der Waals surface area contributed by atoms with Crippen molar-refractivity contribution in [2.45, 2.75) is 30.2 Å². The first kappa shape index (κ1) is 20.1. The summed E-state index contributed by atoms with van der Waals surface area (Å²) < 4.78 is 42.3. The van der Waals surface area contributed by atoms with Gasteiger partial charge in [0.1, 0.15) is 10.7 Å². The van der Waals surface area contributed by atoms with Crippen LogP contribution in [0.1, 0.15) is 24.8 Å². The largest absolute Gasteiger partial charge is 0.296 e. The Morgan fingerprint density at radius 1 is 1.10 bits per heavy atom. The van der Waals surface area contributed by atoms with Gasteiger partial charge < -0.3 is 0 Å². The quantitative estimate of drug-likeness (QED) is 0.508. The molecule has 4 nitrogen and oxygen atoms in total. The predicted molar refractivity (Wildman–Crippen MR) is 118 cm³/mol. The summed E-state index contributed by atoms with van der Waals surface area (Å²) in [6.07, 6.45) is 6.84. The van der Waals surface area contributed by atoms with Crippen molar-refractivity contribution in [1.29, 1.82) is 0 Å². The summed E-state index contributed by atoms with van der Waals surface area (Å²) in [7, 11) is -4.03. The van der Waals surface area contributed by atoms with E-state index >= 15 is 0 Å². The highest BCUT2D eigenvalue weighted by Gasteiger charge is 2.30. The maximum Gasteiger partial charge on any atom is 0.269 e. The summed E-state index contributed by atoms with van der Waals surface area (Å²) in [4.78, 5) is 2.36. The zero-order chi connectivity index (χ0) is 21.0. The van der Waals surface area contributed by atoms with E-state index in [1.807, 2.05) is 0 Å². The fraction of sp³-hybridized carbons (Fsp3) is 0.273. The third-order valence-corrected chi connectivity index (χ3v) is 8.43. The molecule has 2 aromatic carbocycles. The van der Waals surface area contributed by atoms with Gasteiger partial charge in [0.2, 0.25) is 0 Å². The van der Waals surface area contributed by atoms with E-state index in [-0.39, 0.29) is 14.9 Å². The summed E-state index contributed by atoms with van der Waals surface area (Å²) in [5, 5.41) is 0.940. The first-order valence-electron chi connectivity index (χ1n) is 9.79. The molecule has 2 aliphatic rings. The Balaban J connectivity index is 1.70. The molecule has 3 aromatic rings. The molecule has 0 N–H and O–H groups in total. The number of benzene rings is 2. The van der Waals surface area contributed by atoms with E-state index in [9.17, 15) is 12.8 Å². The SMILES string of the molecule is O=S(=O)(c1cc(Cl)ccc1Cl)n1cc(C2=CCN3CCCC3C2)c2cc(F)ccc21. The van der Waals surface area contributed by atoms with Crippen LogP contribution >= 0.6 is 23.2 Å². The minimum Gasteiger partial charge on any atom is -0.296 e. The molecule has 156 valence electrons. The summed E-state index contributed by atoms with van der Waals surface area (Å²) in [6.45, 7) is 1.92. The number of hydrogen-bond donors (Lipinski definition) is 0. The number of aromatic nitrogens is 1. The molecule has 8 heteroatoms. The summed E-state index contributed by atoms with van der Waals surface area (Å²) in [6, 6.07) is 8.96. The molecule has 3 heterocycles. The molecule has 0 amide bonds. The van der Waals surface area contributed by atoms with Crippen molar-refractivity contribution in [3.05, 3.63) is 70.1 Å². The number of hydrogen-bond acceptors (Lipinski definition) is 3. The van der Waals surface area contributed by atoms with E-state index in [1.165, 1.54) is 46.8 Å². The predicted octanol–water partition coefficient (Wildman–Crippen LogP) is 5.58. The summed E-state index contributed by atoms with van der Waals surface area (Å²) >= 11 is 12.2. The Bertz CT molecular complexity index is 1300. The van der Waals surface area contributed by atoms with Crippen molar-refractivity contribution in [2.75, 3.05) is 13.1 Å². The van der Waals surface area contributed by atoms with E-state index in [0.29, 0.717) is 16.9 Å².